The van der Waals surface area contributed by atoms with Crippen LogP contribution in [0, 0.1) is 0 Å². The number of rotatable bonds is 4. The molecule has 3 nitrogen and oxygen atoms in total. The first-order valence-electron chi connectivity index (χ1n) is 6.83. The molecule has 1 amide bonds. The fraction of sp³-hybridized carbons (Fsp3) is 0.923. The van der Waals surface area contributed by atoms with E-state index in [4.69, 9.17) is 0 Å². The second kappa shape index (κ2) is 6.10. The van der Waals surface area contributed by atoms with Crippen molar-refractivity contribution in [2.75, 3.05) is 19.3 Å². The molecule has 0 bridgehead atoms. The van der Waals surface area contributed by atoms with E-state index in [1.807, 2.05) is 11.8 Å². The first kappa shape index (κ1) is 13.2. The third-order valence-electron chi connectivity index (χ3n) is 4.06. The van der Waals surface area contributed by atoms with E-state index < -0.39 is 0 Å². The highest BCUT2D eigenvalue weighted by Crippen LogP contribution is 2.31. The summed E-state index contributed by atoms with van der Waals surface area (Å²) in [6, 6.07) is 0.604. The van der Waals surface area contributed by atoms with Crippen molar-refractivity contribution >= 4 is 17.7 Å². The van der Waals surface area contributed by atoms with Gasteiger partial charge in [0.2, 0.25) is 5.91 Å². The topological polar surface area (TPSA) is 32.3 Å². The van der Waals surface area contributed by atoms with Crippen LogP contribution in [-0.4, -0.2) is 47.5 Å². The Labute approximate surface area is 109 Å². The lowest BCUT2D eigenvalue weighted by Crippen LogP contribution is -2.44. The summed E-state index contributed by atoms with van der Waals surface area (Å²) in [4.78, 5) is 14.4. The Balaban J connectivity index is 1.92. The van der Waals surface area contributed by atoms with Crippen LogP contribution >= 0.6 is 11.8 Å². The lowest BCUT2D eigenvalue weighted by atomic mass is 9.94. The van der Waals surface area contributed by atoms with E-state index in [0.29, 0.717) is 11.9 Å². The minimum absolute atomic E-state index is 0.0923. The number of nitrogens with zero attached hydrogens (tertiary/aromatic N) is 1. The molecule has 1 aliphatic heterocycles. The third-order valence-corrected chi connectivity index (χ3v) is 5.16. The SMILES string of the molecule is CCNC1CCN(C2CCCC(SC)C2)C1=O. The highest BCUT2D eigenvalue weighted by atomic mass is 32.2. The van der Waals surface area contributed by atoms with E-state index in [9.17, 15) is 4.79 Å². The van der Waals surface area contributed by atoms with Crippen LogP contribution in [0.4, 0.5) is 0 Å². The molecule has 4 heteroatoms. The van der Waals surface area contributed by atoms with E-state index in [1.165, 1.54) is 25.7 Å². The van der Waals surface area contributed by atoms with Crippen LogP contribution in [-0.2, 0) is 4.79 Å². The van der Waals surface area contributed by atoms with E-state index in [-0.39, 0.29) is 6.04 Å². The number of nitrogens with one attached hydrogen (secondary N) is 1. The molecule has 1 aliphatic carbocycles. The highest BCUT2D eigenvalue weighted by Gasteiger charge is 2.37. The molecule has 0 spiro atoms. The van der Waals surface area contributed by atoms with Crippen molar-refractivity contribution < 1.29 is 4.79 Å². The number of hydrogen-bond acceptors (Lipinski definition) is 3. The maximum absolute atomic E-state index is 12.2. The van der Waals surface area contributed by atoms with Crippen LogP contribution in [0.1, 0.15) is 39.0 Å². The minimum atomic E-state index is 0.0923. The Kier molecular flexibility index (Phi) is 4.74. The summed E-state index contributed by atoms with van der Waals surface area (Å²) in [5.74, 6) is 0.346. The average molecular weight is 256 g/mol. The lowest BCUT2D eigenvalue weighted by molar-refractivity contribution is -0.131. The molecule has 1 saturated heterocycles. The molecule has 17 heavy (non-hydrogen) atoms. The smallest absolute Gasteiger partial charge is 0.240 e. The summed E-state index contributed by atoms with van der Waals surface area (Å²) in [5, 5.41) is 4.06. The summed E-state index contributed by atoms with van der Waals surface area (Å²) >= 11 is 1.97. The van der Waals surface area contributed by atoms with Gasteiger partial charge in [0.05, 0.1) is 6.04 Å². The van der Waals surface area contributed by atoms with Gasteiger partial charge in [0.15, 0.2) is 0 Å². The maximum Gasteiger partial charge on any atom is 0.240 e. The number of amides is 1. The third kappa shape index (κ3) is 2.97. The molecule has 2 rings (SSSR count). The molecule has 2 aliphatic rings. The van der Waals surface area contributed by atoms with Crippen molar-refractivity contribution in [2.45, 2.75) is 56.4 Å². The Hall–Kier alpha value is -0.220. The number of likely N-dealkylation sites (N-methyl/N-ethyl adjacent to an activating group) is 1. The minimum Gasteiger partial charge on any atom is -0.338 e. The van der Waals surface area contributed by atoms with E-state index >= 15 is 0 Å². The fourth-order valence-electron chi connectivity index (χ4n) is 3.12. The normalized spacial score (nSPS) is 34.4. The molecule has 2 fully saturated rings. The van der Waals surface area contributed by atoms with E-state index in [1.54, 1.807) is 0 Å². The van der Waals surface area contributed by atoms with Gasteiger partial charge < -0.3 is 10.2 Å². The quantitative estimate of drug-likeness (QED) is 0.833. The number of carbonyl (C=O) groups is 1. The van der Waals surface area contributed by atoms with Crippen molar-refractivity contribution in [2.24, 2.45) is 0 Å². The summed E-state index contributed by atoms with van der Waals surface area (Å²) in [6.45, 7) is 3.92. The number of hydrogen-bond donors (Lipinski definition) is 1. The molecule has 1 saturated carbocycles. The molecular weight excluding hydrogens is 232 g/mol. The van der Waals surface area contributed by atoms with Gasteiger partial charge in [-0.1, -0.05) is 13.3 Å². The lowest BCUT2D eigenvalue weighted by Gasteiger charge is -2.34. The van der Waals surface area contributed by atoms with Crippen LogP contribution in [0.2, 0.25) is 0 Å². The van der Waals surface area contributed by atoms with Crippen molar-refractivity contribution in [1.82, 2.24) is 10.2 Å². The zero-order valence-corrected chi connectivity index (χ0v) is 11.8. The van der Waals surface area contributed by atoms with Gasteiger partial charge in [-0.3, -0.25) is 4.79 Å². The number of carbonyl (C=O) groups excluding carboxylic acids is 1. The monoisotopic (exact) mass is 256 g/mol. The fourth-order valence-corrected chi connectivity index (χ4v) is 3.93. The van der Waals surface area contributed by atoms with Gasteiger partial charge in [0.25, 0.3) is 0 Å². The van der Waals surface area contributed by atoms with Crippen molar-refractivity contribution in [3.8, 4) is 0 Å². The van der Waals surface area contributed by atoms with Gasteiger partial charge in [0.1, 0.15) is 0 Å². The summed E-state index contributed by atoms with van der Waals surface area (Å²) in [5.41, 5.74) is 0. The number of thioether (sulfide) groups is 1. The predicted molar refractivity (Wildman–Crippen MR) is 73.4 cm³/mol. The van der Waals surface area contributed by atoms with Crippen LogP contribution in [0.25, 0.3) is 0 Å². The van der Waals surface area contributed by atoms with E-state index in [2.05, 4.69) is 23.4 Å². The molecule has 1 heterocycles. The summed E-state index contributed by atoms with van der Waals surface area (Å²) in [7, 11) is 0. The number of likely N-dealkylation sites (tertiary alicyclic amines) is 1. The maximum atomic E-state index is 12.2. The molecule has 98 valence electrons. The first-order chi connectivity index (χ1) is 8.26. The second-order valence-corrected chi connectivity index (χ2v) is 6.25. The zero-order chi connectivity index (χ0) is 12.3. The summed E-state index contributed by atoms with van der Waals surface area (Å²) < 4.78 is 0. The predicted octanol–water partition coefficient (Wildman–Crippen LogP) is 1.87. The standard InChI is InChI=1S/C13H24N2OS/c1-3-14-12-7-8-15(13(12)16)10-5-4-6-11(9-10)17-2/h10-12,14H,3-9H2,1-2H3. The van der Waals surface area contributed by atoms with Gasteiger partial charge in [-0.05, 0) is 38.5 Å². The molecule has 0 radical (unpaired) electrons. The van der Waals surface area contributed by atoms with E-state index in [0.717, 1.165) is 24.8 Å². The Morgan fingerprint density at radius 1 is 1.41 bits per heavy atom. The van der Waals surface area contributed by atoms with Crippen LogP contribution < -0.4 is 5.32 Å². The zero-order valence-electron chi connectivity index (χ0n) is 10.9. The molecular formula is C13H24N2OS. The van der Waals surface area contributed by atoms with Gasteiger partial charge in [0, 0.05) is 17.8 Å². The van der Waals surface area contributed by atoms with Crippen molar-refractivity contribution in [3.05, 3.63) is 0 Å². The largest absolute Gasteiger partial charge is 0.338 e. The van der Waals surface area contributed by atoms with Gasteiger partial charge >= 0.3 is 0 Å². The second-order valence-electron chi connectivity index (χ2n) is 5.11. The van der Waals surface area contributed by atoms with Crippen molar-refractivity contribution in [3.63, 3.8) is 0 Å². The Bertz CT molecular complexity index is 272. The molecule has 3 atom stereocenters. The van der Waals surface area contributed by atoms with Crippen LogP contribution in [0.3, 0.4) is 0 Å². The van der Waals surface area contributed by atoms with Crippen LogP contribution in [0.5, 0.6) is 0 Å². The van der Waals surface area contributed by atoms with Gasteiger partial charge in [-0.2, -0.15) is 11.8 Å². The molecule has 0 aromatic rings. The van der Waals surface area contributed by atoms with Crippen molar-refractivity contribution in [1.29, 1.82) is 0 Å². The Morgan fingerprint density at radius 3 is 2.94 bits per heavy atom. The average Bonchev–Trinajstić information content (AvgIpc) is 2.72. The molecule has 0 aromatic carbocycles. The summed E-state index contributed by atoms with van der Waals surface area (Å²) in [6.07, 6.45) is 8.21. The van der Waals surface area contributed by atoms with Crippen LogP contribution in [0.15, 0.2) is 0 Å². The molecule has 3 unspecified atom stereocenters. The highest BCUT2D eigenvalue weighted by molar-refractivity contribution is 7.99. The molecule has 0 aromatic heterocycles. The van der Waals surface area contributed by atoms with Gasteiger partial charge in [-0.25, -0.2) is 0 Å². The Morgan fingerprint density at radius 2 is 2.24 bits per heavy atom. The van der Waals surface area contributed by atoms with Gasteiger partial charge in [-0.15, -0.1) is 0 Å². The first-order valence-corrected chi connectivity index (χ1v) is 8.11. The molecule has 1 N–H and O–H groups in total.